The molecule has 1 aromatic heterocycles. The van der Waals surface area contributed by atoms with E-state index < -0.39 is 29.6 Å². The smallest absolute Gasteiger partial charge is 0.307 e. The molecule has 1 aromatic rings. The van der Waals surface area contributed by atoms with Crippen LogP contribution >= 0.6 is 0 Å². The highest BCUT2D eigenvalue weighted by molar-refractivity contribution is 5.96. The van der Waals surface area contributed by atoms with Crippen LogP contribution in [0.1, 0.15) is 16.8 Å². The van der Waals surface area contributed by atoms with E-state index in [1.165, 1.54) is 24.5 Å². The highest BCUT2D eigenvalue weighted by Gasteiger charge is 2.51. The third-order valence-electron chi connectivity index (χ3n) is 4.29. The number of hydrogen-bond acceptors (Lipinski definition) is 4. The first-order chi connectivity index (χ1) is 10.6. The summed E-state index contributed by atoms with van der Waals surface area (Å²) in [5.74, 6) is -3.47. The lowest BCUT2D eigenvalue weighted by Gasteiger charge is -2.23. The molecule has 3 rings (SSSR count). The molecule has 0 saturated heterocycles. The Labute approximate surface area is 126 Å². The summed E-state index contributed by atoms with van der Waals surface area (Å²) in [6.07, 6.45) is 7.37. The van der Waals surface area contributed by atoms with Gasteiger partial charge in [-0.25, -0.2) is 0 Å². The molecular weight excluding hydrogens is 286 g/mol. The summed E-state index contributed by atoms with van der Waals surface area (Å²) < 4.78 is 0. The monoisotopic (exact) mass is 301 g/mol. The van der Waals surface area contributed by atoms with Gasteiger partial charge in [0.1, 0.15) is 0 Å². The predicted molar refractivity (Wildman–Crippen MR) is 75.2 cm³/mol. The average Bonchev–Trinajstić information content (AvgIpc) is 3.14. The van der Waals surface area contributed by atoms with Crippen molar-refractivity contribution in [2.24, 2.45) is 23.7 Å². The quantitative estimate of drug-likeness (QED) is 0.552. The first-order valence-electron chi connectivity index (χ1n) is 6.99. The van der Waals surface area contributed by atoms with Crippen LogP contribution in [0.25, 0.3) is 0 Å². The number of amides is 2. The number of hydrazine groups is 1. The summed E-state index contributed by atoms with van der Waals surface area (Å²) in [6, 6.07) is 3.03. The van der Waals surface area contributed by atoms with Crippen molar-refractivity contribution in [3.05, 3.63) is 42.2 Å². The summed E-state index contributed by atoms with van der Waals surface area (Å²) in [7, 11) is 0. The van der Waals surface area contributed by atoms with Crippen LogP contribution in [-0.2, 0) is 9.59 Å². The van der Waals surface area contributed by atoms with E-state index in [-0.39, 0.29) is 11.8 Å². The molecule has 1 heterocycles. The maximum Gasteiger partial charge on any atom is 0.307 e. The number of carboxylic acids is 1. The number of pyridine rings is 1. The molecular formula is C15H15N3O4. The molecule has 0 spiro atoms. The van der Waals surface area contributed by atoms with Crippen LogP contribution in [-0.4, -0.2) is 27.9 Å². The van der Waals surface area contributed by atoms with Crippen molar-refractivity contribution in [1.29, 1.82) is 0 Å². The summed E-state index contributed by atoms with van der Waals surface area (Å²) in [5, 5.41) is 9.30. The van der Waals surface area contributed by atoms with Crippen molar-refractivity contribution in [3.8, 4) is 0 Å². The van der Waals surface area contributed by atoms with E-state index in [1.54, 1.807) is 0 Å². The molecule has 0 radical (unpaired) electrons. The summed E-state index contributed by atoms with van der Waals surface area (Å²) >= 11 is 0. The van der Waals surface area contributed by atoms with Crippen molar-refractivity contribution in [2.45, 2.75) is 6.42 Å². The number of carbonyl (C=O) groups excluding carboxylic acids is 2. The zero-order valence-electron chi connectivity index (χ0n) is 11.6. The second kappa shape index (κ2) is 5.59. The lowest BCUT2D eigenvalue weighted by molar-refractivity contribution is -0.148. The fourth-order valence-corrected chi connectivity index (χ4v) is 3.29. The first-order valence-corrected chi connectivity index (χ1v) is 6.99. The topological polar surface area (TPSA) is 108 Å². The molecule has 4 atom stereocenters. The van der Waals surface area contributed by atoms with E-state index in [0.717, 1.165) is 0 Å². The number of nitrogens with one attached hydrogen (secondary N) is 2. The Hall–Kier alpha value is -2.70. The molecule has 7 nitrogen and oxygen atoms in total. The van der Waals surface area contributed by atoms with Crippen molar-refractivity contribution >= 4 is 17.8 Å². The minimum absolute atomic E-state index is 0.0797. The highest BCUT2D eigenvalue weighted by atomic mass is 16.4. The Morgan fingerprint density at radius 1 is 1.05 bits per heavy atom. The Morgan fingerprint density at radius 3 is 2.32 bits per heavy atom. The van der Waals surface area contributed by atoms with Gasteiger partial charge in [-0.15, -0.1) is 0 Å². The van der Waals surface area contributed by atoms with Gasteiger partial charge in [0, 0.05) is 18.0 Å². The highest BCUT2D eigenvalue weighted by Crippen LogP contribution is 2.48. The van der Waals surface area contributed by atoms with Crippen molar-refractivity contribution in [1.82, 2.24) is 15.8 Å². The van der Waals surface area contributed by atoms with Gasteiger partial charge in [-0.2, -0.15) is 0 Å². The Bertz CT molecular complexity index is 643. The first kappa shape index (κ1) is 14.2. The molecule has 2 aliphatic rings. The number of fused-ring (bicyclic) bond motifs is 2. The zero-order chi connectivity index (χ0) is 15.7. The number of carbonyl (C=O) groups is 3. The molecule has 2 aliphatic carbocycles. The molecule has 0 aromatic carbocycles. The Kier molecular flexibility index (Phi) is 3.62. The second-order valence-corrected chi connectivity index (χ2v) is 5.52. The second-order valence-electron chi connectivity index (χ2n) is 5.52. The number of aliphatic carboxylic acids is 1. The van der Waals surface area contributed by atoms with Crippen molar-refractivity contribution < 1.29 is 19.5 Å². The summed E-state index contributed by atoms with van der Waals surface area (Å²) in [5.41, 5.74) is 5.01. The number of allylic oxidation sites excluding steroid dienone is 2. The Morgan fingerprint density at radius 2 is 1.68 bits per heavy atom. The lowest BCUT2D eigenvalue weighted by Crippen LogP contribution is -2.48. The third-order valence-corrected chi connectivity index (χ3v) is 4.29. The maximum atomic E-state index is 12.3. The lowest BCUT2D eigenvalue weighted by atomic mass is 9.82. The minimum Gasteiger partial charge on any atom is -0.481 e. The molecule has 22 heavy (non-hydrogen) atoms. The standard InChI is InChI=1S/C15H15N3O4/c19-13(8-3-5-16-6-4-8)17-18-14(20)11-9-1-2-10(7-9)12(11)15(21)22/h1-6,9-12H,7H2,(H,17,19)(H,18,20)(H,21,22)/t9-,10-,11-,12-/m0/s1. The number of carboxylic acid groups (broad SMARTS) is 1. The van der Waals surface area contributed by atoms with Crippen LogP contribution < -0.4 is 10.9 Å². The van der Waals surface area contributed by atoms with Gasteiger partial charge in [0.2, 0.25) is 5.91 Å². The molecule has 0 aliphatic heterocycles. The minimum atomic E-state index is -0.975. The van der Waals surface area contributed by atoms with Crippen molar-refractivity contribution in [2.75, 3.05) is 0 Å². The van der Waals surface area contributed by atoms with Gasteiger partial charge < -0.3 is 5.11 Å². The number of hydrogen-bond donors (Lipinski definition) is 3. The van der Waals surface area contributed by atoms with Gasteiger partial charge in [0.05, 0.1) is 11.8 Å². The van der Waals surface area contributed by atoms with E-state index >= 15 is 0 Å². The fourth-order valence-electron chi connectivity index (χ4n) is 3.29. The largest absolute Gasteiger partial charge is 0.481 e. The van der Waals surface area contributed by atoms with Gasteiger partial charge >= 0.3 is 5.97 Å². The number of aromatic nitrogens is 1. The molecule has 1 saturated carbocycles. The summed E-state index contributed by atoms with van der Waals surface area (Å²) in [6.45, 7) is 0. The van der Waals surface area contributed by atoms with Crippen LogP contribution in [0.2, 0.25) is 0 Å². The Balaban J connectivity index is 1.64. The van der Waals surface area contributed by atoms with Gasteiger partial charge in [-0.3, -0.25) is 30.2 Å². The third kappa shape index (κ3) is 2.45. The van der Waals surface area contributed by atoms with Crippen LogP contribution in [0.5, 0.6) is 0 Å². The zero-order valence-corrected chi connectivity index (χ0v) is 11.6. The van der Waals surface area contributed by atoms with Crippen LogP contribution in [0.15, 0.2) is 36.7 Å². The molecule has 2 bridgehead atoms. The molecule has 3 N–H and O–H groups in total. The van der Waals surface area contributed by atoms with E-state index in [1.807, 2.05) is 12.2 Å². The van der Waals surface area contributed by atoms with E-state index in [4.69, 9.17) is 0 Å². The number of rotatable bonds is 3. The van der Waals surface area contributed by atoms with Gasteiger partial charge in [0.25, 0.3) is 5.91 Å². The molecule has 0 unspecified atom stereocenters. The summed E-state index contributed by atoms with van der Waals surface area (Å²) in [4.78, 5) is 39.3. The molecule has 7 heteroatoms. The predicted octanol–water partition coefficient (Wildman–Crippen LogP) is 0.365. The SMILES string of the molecule is O=C(NNC(=O)[C@@H]1[C@@H](C(=O)O)[C@H]2C=C[C@H]1C2)c1ccncc1. The van der Waals surface area contributed by atoms with Crippen molar-refractivity contribution in [3.63, 3.8) is 0 Å². The van der Waals surface area contributed by atoms with Crippen LogP contribution in [0.3, 0.4) is 0 Å². The van der Waals surface area contributed by atoms with E-state index in [0.29, 0.717) is 12.0 Å². The van der Waals surface area contributed by atoms with Gasteiger partial charge in [0.15, 0.2) is 0 Å². The van der Waals surface area contributed by atoms with E-state index in [9.17, 15) is 19.5 Å². The molecule has 1 fully saturated rings. The van der Waals surface area contributed by atoms with Crippen LogP contribution in [0, 0.1) is 23.7 Å². The normalized spacial score (nSPS) is 28.4. The van der Waals surface area contributed by atoms with Gasteiger partial charge in [-0.1, -0.05) is 12.2 Å². The van der Waals surface area contributed by atoms with Crippen LogP contribution in [0.4, 0.5) is 0 Å². The molecule has 2 amide bonds. The average molecular weight is 301 g/mol. The maximum absolute atomic E-state index is 12.3. The van der Waals surface area contributed by atoms with Gasteiger partial charge in [-0.05, 0) is 30.4 Å². The molecule has 114 valence electrons. The number of nitrogens with zero attached hydrogens (tertiary/aromatic N) is 1. The van der Waals surface area contributed by atoms with E-state index in [2.05, 4.69) is 15.8 Å². The fraction of sp³-hybridized carbons (Fsp3) is 0.333.